The highest BCUT2D eigenvalue weighted by atomic mass is 16.5. The van der Waals surface area contributed by atoms with Crippen molar-refractivity contribution in [1.29, 1.82) is 0 Å². The van der Waals surface area contributed by atoms with Crippen molar-refractivity contribution >= 4 is 17.2 Å². The van der Waals surface area contributed by atoms with E-state index in [0.717, 1.165) is 5.69 Å². The molecule has 1 unspecified atom stereocenters. The number of nitrogens with one attached hydrogen (secondary N) is 1. The third kappa shape index (κ3) is 4.35. The summed E-state index contributed by atoms with van der Waals surface area (Å²) in [5.74, 6) is 0.0546. The minimum absolute atomic E-state index is 0.239. The Morgan fingerprint density at radius 2 is 2.14 bits per heavy atom. The number of aryl methyl sites for hydroxylation is 1. The molecule has 0 saturated carbocycles. The fourth-order valence-corrected chi connectivity index (χ4v) is 2.94. The van der Waals surface area contributed by atoms with Crippen LogP contribution < -0.4 is 10.1 Å². The van der Waals surface area contributed by atoms with E-state index in [-0.39, 0.29) is 5.57 Å². The van der Waals surface area contributed by atoms with Gasteiger partial charge in [0.1, 0.15) is 17.1 Å². The molecular weight excluding hydrogens is 360 g/mol. The highest BCUT2D eigenvalue weighted by Crippen LogP contribution is 2.27. The minimum atomic E-state index is -1.01. The van der Waals surface area contributed by atoms with E-state index in [2.05, 4.69) is 10.3 Å². The Kier molecular flexibility index (Phi) is 5.44. The van der Waals surface area contributed by atoms with Crippen molar-refractivity contribution in [3.8, 4) is 5.75 Å². The van der Waals surface area contributed by atoms with Gasteiger partial charge in [-0.1, -0.05) is 0 Å². The van der Waals surface area contributed by atoms with E-state index in [1.807, 2.05) is 6.20 Å². The lowest BCUT2D eigenvalue weighted by molar-refractivity contribution is -0.114. The smallest absolute Gasteiger partial charge is 0.256 e. The van der Waals surface area contributed by atoms with Gasteiger partial charge in [0.2, 0.25) is 0 Å². The molecule has 8 nitrogen and oxygen atoms in total. The summed E-state index contributed by atoms with van der Waals surface area (Å²) in [5, 5.41) is 22.9. The number of anilines is 1. The van der Waals surface area contributed by atoms with Crippen LogP contribution in [0.1, 0.15) is 26.0 Å². The number of carbonyl (C=O) groups excluding carboxylic acids is 1. The standard InChI is InChI=1S/C20H26N4O4/c1-20(2,27)8-7-13-11-24-12-15(16(28-4)10-17(24)21-13)22-18(25)14-6-5-9-23(3)19(14)26/h5-6,9-12,19,26-27H,7-8H2,1-4H3,(H,22,25). The van der Waals surface area contributed by atoms with Gasteiger partial charge in [0.15, 0.2) is 6.23 Å². The number of allylic oxidation sites excluding steroid dienone is 2. The summed E-state index contributed by atoms with van der Waals surface area (Å²) in [6.45, 7) is 3.53. The van der Waals surface area contributed by atoms with E-state index in [1.165, 1.54) is 7.11 Å². The van der Waals surface area contributed by atoms with E-state index in [4.69, 9.17) is 4.74 Å². The van der Waals surface area contributed by atoms with Crippen LogP contribution >= 0.6 is 0 Å². The second-order valence-corrected chi connectivity index (χ2v) is 7.52. The van der Waals surface area contributed by atoms with Gasteiger partial charge in [-0.2, -0.15) is 0 Å². The van der Waals surface area contributed by atoms with Crippen LogP contribution in [0, 0.1) is 0 Å². The Bertz CT molecular complexity index is 940. The largest absolute Gasteiger partial charge is 0.494 e. The number of imidazole rings is 1. The van der Waals surface area contributed by atoms with Gasteiger partial charge in [0.05, 0.1) is 24.0 Å². The lowest BCUT2D eigenvalue weighted by Crippen LogP contribution is -2.35. The molecule has 28 heavy (non-hydrogen) atoms. The van der Waals surface area contributed by atoms with Crippen LogP contribution in [0.5, 0.6) is 5.75 Å². The zero-order valence-electron chi connectivity index (χ0n) is 16.5. The molecule has 0 aliphatic carbocycles. The van der Waals surface area contributed by atoms with Crippen molar-refractivity contribution in [2.45, 2.75) is 38.5 Å². The van der Waals surface area contributed by atoms with Gasteiger partial charge >= 0.3 is 0 Å². The zero-order valence-corrected chi connectivity index (χ0v) is 16.5. The molecule has 1 amide bonds. The number of ether oxygens (including phenoxy) is 1. The Morgan fingerprint density at radius 1 is 1.39 bits per heavy atom. The predicted octanol–water partition coefficient (Wildman–Crippen LogP) is 1.69. The van der Waals surface area contributed by atoms with E-state index in [1.54, 1.807) is 60.8 Å². The van der Waals surface area contributed by atoms with Crippen LogP contribution in [0.2, 0.25) is 0 Å². The van der Waals surface area contributed by atoms with Crippen molar-refractivity contribution < 1.29 is 19.7 Å². The molecule has 2 aromatic rings. The van der Waals surface area contributed by atoms with Crippen LogP contribution in [0.15, 0.2) is 42.4 Å². The van der Waals surface area contributed by atoms with Gasteiger partial charge in [-0.15, -0.1) is 0 Å². The first-order valence-corrected chi connectivity index (χ1v) is 9.05. The molecule has 1 atom stereocenters. The van der Waals surface area contributed by atoms with E-state index < -0.39 is 17.7 Å². The predicted molar refractivity (Wildman–Crippen MR) is 106 cm³/mol. The minimum Gasteiger partial charge on any atom is -0.494 e. The third-order valence-electron chi connectivity index (χ3n) is 4.59. The molecule has 3 heterocycles. The maximum Gasteiger partial charge on any atom is 0.256 e. The Morgan fingerprint density at radius 3 is 2.82 bits per heavy atom. The molecule has 0 saturated heterocycles. The number of pyridine rings is 1. The fraction of sp³-hybridized carbons (Fsp3) is 0.400. The topological polar surface area (TPSA) is 99.3 Å². The monoisotopic (exact) mass is 386 g/mol. The average molecular weight is 386 g/mol. The van der Waals surface area contributed by atoms with E-state index >= 15 is 0 Å². The summed E-state index contributed by atoms with van der Waals surface area (Å²) in [7, 11) is 3.21. The number of aliphatic hydroxyl groups excluding tert-OH is 1. The molecule has 0 fully saturated rings. The zero-order chi connectivity index (χ0) is 20.5. The summed E-state index contributed by atoms with van der Waals surface area (Å²) in [6, 6.07) is 1.74. The number of likely N-dealkylation sites (N-methyl/N-ethyl adjacent to an activating group) is 1. The van der Waals surface area contributed by atoms with E-state index in [0.29, 0.717) is 29.9 Å². The van der Waals surface area contributed by atoms with Gasteiger partial charge in [-0.25, -0.2) is 4.98 Å². The number of hydrogen-bond donors (Lipinski definition) is 3. The summed E-state index contributed by atoms with van der Waals surface area (Å²) < 4.78 is 7.20. The van der Waals surface area contributed by atoms with Crippen molar-refractivity contribution in [3.05, 3.63) is 48.1 Å². The quantitative estimate of drug-likeness (QED) is 0.699. The number of rotatable bonds is 6. The normalized spacial score (nSPS) is 17.0. The number of carbonyl (C=O) groups is 1. The molecule has 0 aromatic carbocycles. The summed E-state index contributed by atoms with van der Waals surface area (Å²) in [4.78, 5) is 18.7. The van der Waals surface area contributed by atoms with Gasteiger partial charge in [-0.3, -0.25) is 4.79 Å². The summed E-state index contributed by atoms with van der Waals surface area (Å²) in [6.07, 6.45) is 8.76. The molecule has 8 heteroatoms. The number of aromatic nitrogens is 2. The number of nitrogens with zero attached hydrogens (tertiary/aromatic N) is 3. The van der Waals surface area contributed by atoms with Crippen molar-refractivity contribution in [3.63, 3.8) is 0 Å². The highest BCUT2D eigenvalue weighted by molar-refractivity contribution is 6.05. The summed E-state index contributed by atoms with van der Waals surface area (Å²) >= 11 is 0. The SMILES string of the molecule is COc1cc2nc(CCC(C)(C)O)cn2cc1NC(=O)C1=CC=CN(C)C1O. The molecule has 0 radical (unpaired) electrons. The summed E-state index contributed by atoms with van der Waals surface area (Å²) in [5.41, 5.74) is 1.47. The van der Waals surface area contributed by atoms with Crippen molar-refractivity contribution in [2.24, 2.45) is 0 Å². The molecular formula is C20H26N4O4. The molecule has 2 aromatic heterocycles. The van der Waals surface area contributed by atoms with Gasteiger partial charge in [0.25, 0.3) is 5.91 Å². The fourth-order valence-electron chi connectivity index (χ4n) is 2.94. The molecule has 1 aliphatic rings. The maximum atomic E-state index is 12.6. The van der Waals surface area contributed by atoms with Crippen molar-refractivity contribution in [1.82, 2.24) is 14.3 Å². The van der Waals surface area contributed by atoms with Crippen LogP contribution in [-0.2, 0) is 11.2 Å². The number of amides is 1. The Hall–Kier alpha value is -2.84. The molecule has 3 rings (SSSR count). The number of aliphatic hydroxyl groups is 2. The first-order valence-electron chi connectivity index (χ1n) is 9.05. The molecule has 0 bridgehead atoms. The van der Waals surface area contributed by atoms with Crippen LogP contribution in [0.25, 0.3) is 5.65 Å². The van der Waals surface area contributed by atoms with Crippen LogP contribution in [-0.4, -0.2) is 56.4 Å². The van der Waals surface area contributed by atoms with Crippen LogP contribution in [0.4, 0.5) is 5.69 Å². The van der Waals surface area contributed by atoms with Gasteiger partial charge < -0.3 is 29.6 Å². The number of methoxy groups -OCH3 is 1. The Labute approximate surface area is 163 Å². The number of hydrogen-bond acceptors (Lipinski definition) is 6. The average Bonchev–Trinajstić information content (AvgIpc) is 3.02. The van der Waals surface area contributed by atoms with Crippen LogP contribution in [0.3, 0.4) is 0 Å². The molecule has 150 valence electrons. The lowest BCUT2D eigenvalue weighted by Gasteiger charge is -2.26. The maximum absolute atomic E-state index is 12.6. The molecule has 3 N–H and O–H groups in total. The first kappa shape index (κ1) is 19.9. The first-order chi connectivity index (χ1) is 13.2. The van der Waals surface area contributed by atoms with E-state index in [9.17, 15) is 15.0 Å². The van der Waals surface area contributed by atoms with Gasteiger partial charge in [0, 0.05) is 31.7 Å². The van der Waals surface area contributed by atoms with Crippen molar-refractivity contribution in [2.75, 3.05) is 19.5 Å². The number of fused-ring (bicyclic) bond motifs is 1. The second-order valence-electron chi connectivity index (χ2n) is 7.52. The Balaban J connectivity index is 1.85. The lowest BCUT2D eigenvalue weighted by atomic mass is 10.0. The third-order valence-corrected chi connectivity index (χ3v) is 4.59. The molecule has 1 aliphatic heterocycles. The highest BCUT2D eigenvalue weighted by Gasteiger charge is 2.24. The second kappa shape index (κ2) is 7.65. The molecule has 0 spiro atoms. The van der Waals surface area contributed by atoms with Gasteiger partial charge in [-0.05, 0) is 38.8 Å².